The molecule has 1 aliphatic rings. The molecule has 10 nitrogen and oxygen atoms in total. The van der Waals surface area contributed by atoms with Gasteiger partial charge in [-0.2, -0.15) is 4.68 Å². The van der Waals surface area contributed by atoms with Gasteiger partial charge in [-0.1, -0.05) is 35.4 Å². The van der Waals surface area contributed by atoms with Crippen LogP contribution in [-0.2, 0) is 18.4 Å². The minimum atomic E-state index is -0.100. The van der Waals surface area contributed by atoms with Crippen LogP contribution in [0.4, 0.5) is 5.95 Å². The Morgan fingerprint density at radius 2 is 1.62 bits per heavy atom. The quantitative estimate of drug-likeness (QED) is 0.468. The third-order valence-electron chi connectivity index (χ3n) is 5.97. The molecule has 0 N–H and O–H groups in total. The molecule has 4 aromatic rings. The predicted molar refractivity (Wildman–Crippen MR) is 120 cm³/mol. The van der Waals surface area contributed by atoms with Gasteiger partial charge in [-0.15, -0.1) is 0 Å². The number of carbonyl (C=O) groups excluding carboxylic acids is 1. The molecule has 0 bridgehead atoms. The Morgan fingerprint density at radius 3 is 2.38 bits per heavy atom. The van der Waals surface area contributed by atoms with Gasteiger partial charge in [0.05, 0.1) is 16.7 Å². The summed E-state index contributed by atoms with van der Waals surface area (Å²) in [5, 5.41) is 12.1. The molecule has 3 heterocycles. The van der Waals surface area contributed by atoms with Crippen molar-refractivity contribution in [1.82, 2.24) is 34.2 Å². The van der Waals surface area contributed by atoms with Gasteiger partial charge < -0.3 is 9.80 Å². The maximum absolute atomic E-state index is 12.8. The summed E-state index contributed by atoms with van der Waals surface area (Å²) in [6.07, 6.45) is 0.287. The minimum absolute atomic E-state index is 0.0483. The van der Waals surface area contributed by atoms with E-state index in [2.05, 4.69) is 20.4 Å². The second-order valence-corrected chi connectivity index (χ2v) is 7.83. The molecule has 5 rings (SSSR count). The van der Waals surface area contributed by atoms with Crippen molar-refractivity contribution in [3.8, 4) is 5.69 Å². The fraction of sp³-hybridized carbons (Fsp3) is 0.318. The number of para-hydroxylation sites is 3. The molecule has 2 aromatic heterocycles. The highest BCUT2D eigenvalue weighted by molar-refractivity contribution is 5.78. The molecule has 164 valence electrons. The maximum atomic E-state index is 12.8. The van der Waals surface area contributed by atoms with Crippen LogP contribution in [0.2, 0.25) is 0 Å². The van der Waals surface area contributed by atoms with E-state index in [4.69, 9.17) is 0 Å². The average molecular weight is 432 g/mol. The van der Waals surface area contributed by atoms with Crippen molar-refractivity contribution in [2.45, 2.75) is 13.0 Å². The molecule has 0 atom stereocenters. The summed E-state index contributed by atoms with van der Waals surface area (Å²) in [6.45, 7) is 2.83. The zero-order valence-corrected chi connectivity index (χ0v) is 17.8. The summed E-state index contributed by atoms with van der Waals surface area (Å²) in [5.74, 6) is 0.720. The normalized spacial score (nSPS) is 14.3. The second kappa shape index (κ2) is 8.29. The first-order chi connectivity index (χ1) is 15.6. The molecule has 10 heteroatoms. The molecule has 0 unspecified atom stereocenters. The van der Waals surface area contributed by atoms with E-state index >= 15 is 0 Å². The van der Waals surface area contributed by atoms with Crippen molar-refractivity contribution in [2.75, 3.05) is 31.1 Å². The van der Waals surface area contributed by atoms with E-state index in [1.165, 1.54) is 0 Å². The zero-order chi connectivity index (χ0) is 22.1. The summed E-state index contributed by atoms with van der Waals surface area (Å²) in [7, 11) is 1.76. The van der Waals surface area contributed by atoms with Gasteiger partial charge in [0, 0.05) is 46.2 Å². The van der Waals surface area contributed by atoms with Crippen LogP contribution in [0.5, 0.6) is 0 Å². The van der Waals surface area contributed by atoms with Crippen LogP contribution < -0.4 is 10.6 Å². The van der Waals surface area contributed by atoms with Crippen molar-refractivity contribution < 1.29 is 4.79 Å². The molecule has 1 amide bonds. The van der Waals surface area contributed by atoms with E-state index in [1.807, 2.05) is 59.5 Å². The van der Waals surface area contributed by atoms with Gasteiger partial charge in [0.2, 0.25) is 11.9 Å². The van der Waals surface area contributed by atoms with Crippen molar-refractivity contribution in [2.24, 2.45) is 7.05 Å². The standard InChI is InChI=1S/C22H24N8O2/c1-26-18-9-5-6-10-19(18)29(22(26)32)12-11-20(31)27-13-15-28(16-14-27)21-23-24-25-30(21)17-7-3-2-4-8-17/h2-10H,11-16H2,1H3. The van der Waals surface area contributed by atoms with Gasteiger partial charge in [-0.05, 0) is 34.7 Å². The number of carbonyl (C=O) groups is 1. The van der Waals surface area contributed by atoms with Crippen LogP contribution >= 0.6 is 0 Å². The Bertz CT molecular complexity index is 1300. The molecule has 0 radical (unpaired) electrons. The number of anilines is 1. The Kier molecular flexibility index (Phi) is 5.18. The number of aromatic nitrogens is 6. The summed E-state index contributed by atoms with van der Waals surface area (Å²) in [6, 6.07) is 17.4. The average Bonchev–Trinajstić information content (AvgIpc) is 3.42. The Hall–Kier alpha value is -3.95. The number of hydrogen-bond acceptors (Lipinski definition) is 6. The molecular formula is C22H24N8O2. The fourth-order valence-corrected chi connectivity index (χ4v) is 4.22. The number of piperazine rings is 1. The van der Waals surface area contributed by atoms with E-state index in [0.717, 1.165) is 16.7 Å². The number of imidazole rings is 1. The largest absolute Gasteiger partial charge is 0.339 e. The monoisotopic (exact) mass is 432 g/mol. The molecule has 1 saturated heterocycles. The topological polar surface area (TPSA) is 94.1 Å². The van der Waals surface area contributed by atoms with Gasteiger partial charge in [-0.3, -0.25) is 13.9 Å². The number of nitrogens with zero attached hydrogens (tertiary/aromatic N) is 8. The number of benzene rings is 2. The summed E-state index contributed by atoms with van der Waals surface area (Å²) in [5.41, 5.74) is 2.52. The second-order valence-electron chi connectivity index (χ2n) is 7.83. The molecule has 2 aromatic carbocycles. The molecule has 0 saturated carbocycles. The zero-order valence-electron chi connectivity index (χ0n) is 17.8. The number of amides is 1. The van der Waals surface area contributed by atoms with Crippen LogP contribution in [-0.4, -0.2) is 66.3 Å². The van der Waals surface area contributed by atoms with Gasteiger partial charge in [0.25, 0.3) is 0 Å². The lowest BCUT2D eigenvalue weighted by Crippen LogP contribution is -2.49. The van der Waals surface area contributed by atoms with Crippen LogP contribution in [0.25, 0.3) is 16.7 Å². The summed E-state index contributed by atoms with van der Waals surface area (Å²) >= 11 is 0. The number of rotatable bonds is 5. The first kappa shape index (κ1) is 20.0. The van der Waals surface area contributed by atoms with Crippen molar-refractivity contribution >= 4 is 22.9 Å². The predicted octanol–water partition coefficient (Wildman–Crippen LogP) is 1.05. The SMILES string of the molecule is Cn1c(=O)n(CCC(=O)N2CCN(c3nnnn3-c3ccccc3)CC2)c2ccccc21. The number of fused-ring (bicyclic) bond motifs is 1. The van der Waals surface area contributed by atoms with Crippen molar-refractivity contribution in [3.63, 3.8) is 0 Å². The Morgan fingerprint density at radius 1 is 0.938 bits per heavy atom. The summed E-state index contributed by atoms with van der Waals surface area (Å²) in [4.78, 5) is 29.4. The van der Waals surface area contributed by atoms with E-state index in [1.54, 1.807) is 20.9 Å². The van der Waals surface area contributed by atoms with E-state index in [0.29, 0.717) is 38.7 Å². The lowest BCUT2D eigenvalue weighted by atomic mass is 10.2. The minimum Gasteiger partial charge on any atom is -0.339 e. The van der Waals surface area contributed by atoms with Crippen LogP contribution in [0.1, 0.15) is 6.42 Å². The van der Waals surface area contributed by atoms with Gasteiger partial charge in [0.15, 0.2) is 0 Å². The van der Waals surface area contributed by atoms with E-state index in [9.17, 15) is 9.59 Å². The molecule has 1 aliphatic heterocycles. The van der Waals surface area contributed by atoms with Crippen molar-refractivity contribution in [1.29, 1.82) is 0 Å². The van der Waals surface area contributed by atoms with Crippen LogP contribution in [0, 0.1) is 0 Å². The fourth-order valence-electron chi connectivity index (χ4n) is 4.22. The highest BCUT2D eigenvalue weighted by Gasteiger charge is 2.25. The van der Waals surface area contributed by atoms with Gasteiger partial charge in [0.1, 0.15) is 0 Å². The first-order valence-electron chi connectivity index (χ1n) is 10.6. The number of tetrazole rings is 1. The molecule has 0 aliphatic carbocycles. The lowest BCUT2D eigenvalue weighted by molar-refractivity contribution is -0.131. The maximum Gasteiger partial charge on any atom is 0.328 e. The summed E-state index contributed by atoms with van der Waals surface area (Å²) < 4.78 is 5.01. The first-order valence-corrected chi connectivity index (χ1v) is 10.6. The van der Waals surface area contributed by atoms with Gasteiger partial charge in [-0.25, -0.2) is 4.79 Å². The highest BCUT2D eigenvalue weighted by atomic mass is 16.2. The highest BCUT2D eigenvalue weighted by Crippen LogP contribution is 2.18. The van der Waals surface area contributed by atoms with Crippen LogP contribution in [0.15, 0.2) is 59.4 Å². The third-order valence-corrected chi connectivity index (χ3v) is 5.97. The molecule has 1 fully saturated rings. The molecular weight excluding hydrogens is 408 g/mol. The van der Waals surface area contributed by atoms with Gasteiger partial charge >= 0.3 is 5.69 Å². The third kappa shape index (κ3) is 3.53. The smallest absolute Gasteiger partial charge is 0.328 e. The van der Waals surface area contributed by atoms with Crippen LogP contribution in [0.3, 0.4) is 0 Å². The lowest BCUT2D eigenvalue weighted by Gasteiger charge is -2.34. The molecule has 32 heavy (non-hydrogen) atoms. The number of aryl methyl sites for hydroxylation is 2. The van der Waals surface area contributed by atoms with Crippen molar-refractivity contribution in [3.05, 3.63) is 65.1 Å². The van der Waals surface area contributed by atoms with E-state index < -0.39 is 0 Å². The van der Waals surface area contributed by atoms with E-state index in [-0.39, 0.29) is 18.0 Å². The number of hydrogen-bond donors (Lipinski definition) is 0. The Balaban J connectivity index is 1.23. The molecule has 0 spiro atoms. The Labute approximate surface area is 184 Å².